The number of rotatable bonds is 0. The van der Waals surface area contributed by atoms with Gasteiger partial charge in [0.1, 0.15) is 0 Å². The van der Waals surface area contributed by atoms with E-state index in [1.807, 2.05) is 97.1 Å². The van der Waals surface area contributed by atoms with Crippen molar-refractivity contribution < 1.29 is 25.5 Å². The fourth-order valence-electron chi connectivity index (χ4n) is 9.00. The van der Waals surface area contributed by atoms with Gasteiger partial charge in [0.25, 0.3) is 0 Å². The molecule has 13 rings (SSSR count). The molecule has 1 N–H and O–H groups in total. The maximum absolute atomic E-state index is 7.35. The number of fused-ring (bicyclic) bond motifs is 24. The Hall–Kier alpha value is -4.90. The Balaban J connectivity index is 0.00000133. The summed E-state index contributed by atoms with van der Waals surface area (Å²) in [5.41, 5.74) is 2.29. The van der Waals surface area contributed by atoms with Gasteiger partial charge >= 0.3 is 0 Å². The Kier molecular flexibility index (Phi) is 12.0. The van der Waals surface area contributed by atoms with Crippen molar-refractivity contribution in [3.8, 4) is 45.6 Å². The third-order valence-corrected chi connectivity index (χ3v) is 15.0. The van der Waals surface area contributed by atoms with Crippen molar-refractivity contribution in [3.63, 3.8) is 0 Å². The smallest absolute Gasteiger partial charge is 0.0943 e. The van der Waals surface area contributed by atoms with Gasteiger partial charge in [-0.25, -0.2) is 9.97 Å². The van der Waals surface area contributed by atoms with E-state index in [1.54, 1.807) is 0 Å². The summed E-state index contributed by atoms with van der Waals surface area (Å²) in [5.74, 6) is 0.613. The number of nitrogens with zero attached hydrogens (tertiary/aromatic N) is 8. The molecule has 18 heteroatoms. The van der Waals surface area contributed by atoms with Crippen LogP contribution in [0.15, 0.2) is 97.1 Å². The monoisotopic (exact) mass is 1140 g/mol. The van der Waals surface area contributed by atoms with Crippen LogP contribution < -0.4 is 9.97 Å². The molecule has 338 valence electrons. The first-order chi connectivity index (χ1) is 32.1. The molecule has 0 spiro atoms. The fraction of sp³-hybridized carbons (Fsp3) is 0.0200. The number of aromatic nitrogens is 8. The van der Waals surface area contributed by atoms with Crippen LogP contribution >= 0.6 is 92.8 Å². The molecule has 0 saturated carbocycles. The van der Waals surface area contributed by atoms with Gasteiger partial charge in [-0.15, -0.1) is 0 Å². The third kappa shape index (κ3) is 6.58. The molecule has 11 aromatic rings. The second-order valence-corrected chi connectivity index (χ2v) is 18.2. The van der Waals surface area contributed by atoms with Crippen LogP contribution in [-0.2, 0) is 20.4 Å². The standard InChI is InChI=1S/C48H16Cl8N8.CH4O.CH3.Pd/c49-33-17-9-1-2-10-18(17)34(50)26-25(33)41-57-42(26)62-44-29-30(38(54)22-14-6-5-13-21(22)37(29)53)46(59-44)64-48-32-31(39(55)23-15-7-8-16-24(23)40(32)56)47(60-48)63-45-28-27(43(58-45)61-41)35(51)19-11-3-4-12-20(19)36(28)52;1-2;;/h1-16H;2H,1H3;1H3;/q-2;;-1;. The molecule has 5 heterocycles. The molecule has 0 aliphatic carbocycles. The summed E-state index contributed by atoms with van der Waals surface area (Å²) in [6.07, 6.45) is 0. The van der Waals surface area contributed by atoms with Crippen LogP contribution in [-0.4, -0.2) is 42.1 Å². The van der Waals surface area contributed by atoms with Gasteiger partial charge in [0.05, 0.1) is 63.5 Å². The Bertz CT molecular complexity index is 3690. The Morgan fingerprint density at radius 2 is 0.485 bits per heavy atom. The van der Waals surface area contributed by atoms with Crippen molar-refractivity contribution in [2.45, 2.75) is 0 Å². The van der Waals surface area contributed by atoms with E-state index in [1.165, 1.54) is 0 Å². The fourth-order valence-corrected chi connectivity index (χ4v) is 11.7. The van der Waals surface area contributed by atoms with Gasteiger partial charge in [-0.05, 0) is 0 Å². The average Bonchev–Trinajstić information content (AvgIpc) is 4.10. The van der Waals surface area contributed by atoms with Crippen molar-refractivity contribution in [1.82, 2.24) is 39.9 Å². The van der Waals surface area contributed by atoms with Crippen molar-refractivity contribution in [1.29, 1.82) is 0 Å². The zero-order chi connectivity index (χ0) is 45.4. The van der Waals surface area contributed by atoms with Crippen LogP contribution in [0.2, 0.25) is 40.2 Å². The second kappa shape index (κ2) is 17.5. The largest absolute Gasteiger partial charge is 0.400 e. The minimum atomic E-state index is 0. The van der Waals surface area contributed by atoms with Gasteiger partial charge in [-0.2, -0.15) is 0 Å². The van der Waals surface area contributed by atoms with E-state index in [9.17, 15) is 0 Å². The van der Waals surface area contributed by atoms with Crippen molar-refractivity contribution in [2.24, 2.45) is 0 Å². The third-order valence-electron chi connectivity index (χ3n) is 11.8. The van der Waals surface area contributed by atoms with Gasteiger partial charge < -0.3 is 42.4 Å². The molecule has 2 aliphatic heterocycles. The molecule has 0 amide bonds. The van der Waals surface area contributed by atoms with Gasteiger partial charge in [-0.1, -0.05) is 190 Å². The minimum Gasteiger partial charge on any atom is -0.400 e. The molecular weight excluding hydrogens is 1120 g/mol. The molecule has 0 atom stereocenters. The van der Waals surface area contributed by atoms with E-state index in [2.05, 4.69) is 0 Å². The first-order valence-electron chi connectivity index (χ1n) is 19.8. The molecule has 2 aliphatic rings. The molecule has 0 fully saturated rings. The normalized spacial score (nSPS) is 11.7. The quantitative estimate of drug-likeness (QED) is 0.117. The van der Waals surface area contributed by atoms with Crippen LogP contribution in [0, 0.1) is 7.43 Å². The Labute approximate surface area is 439 Å². The van der Waals surface area contributed by atoms with Crippen molar-refractivity contribution in [3.05, 3.63) is 145 Å². The number of benzene rings is 8. The molecular formula is C50H23Cl8N8OPd-3. The summed E-state index contributed by atoms with van der Waals surface area (Å²) >= 11 is 58.8. The number of halogens is 8. The number of aliphatic hydroxyl groups excluding tert-OH is 1. The van der Waals surface area contributed by atoms with E-state index >= 15 is 0 Å². The Morgan fingerprint density at radius 1 is 0.309 bits per heavy atom. The zero-order valence-corrected chi connectivity index (χ0v) is 42.2. The van der Waals surface area contributed by atoms with Crippen LogP contribution in [0.5, 0.6) is 0 Å². The maximum atomic E-state index is 7.35. The van der Waals surface area contributed by atoms with Gasteiger partial charge in [0.15, 0.2) is 0 Å². The molecule has 0 unspecified atom stereocenters. The van der Waals surface area contributed by atoms with E-state index in [0.717, 1.165) is 7.11 Å². The number of hydrogen-bond acceptors (Lipinski definition) is 7. The summed E-state index contributed by atoms with van der Waals surface area (Å²) < 4.78 is 0. The van der Waals surface area contributed by atoms with Crippen molar-refractivity contribution in [2.75, 3.05) is 7.11 Å². The molecule has 9 nitrogen and oxygen atoms in total. The summed E-state index contributed by atoms with van der Waals surface area (Å²) in [6.45, 7) is 0. The van der Waals surface area contributed by atoms with Crippen LogP contribution in [0.3, 0.4) is 0 Å². The average molecular weight is 1140 g/mol. The SMILES string of the molecule is CO.Clc1c2c(c(Cl)c3ccccc13)-c1nc-2nc2[n-]c(nc3nc(nc4[n-]c(n1)c1c(Cl)c5ccccc5c(Cl)c41)-c1c-3c(Cl)c3ccccc3c1Cl)c1c(Cl)c3ccccc3c(Cl)c21.[CH3-].[Pd]. The predicted octanol–water partition coefficient (Wildman–Crippen LogP) is 16.0. The van der Waals surface area contributed by atoms with Crippen LogP contribution in [0.4, 0.5) is 0 Å². The van der Waals surface area contributed by atoms with E-state index in [-0.39, 0.29) is 73.7 Å². The van der Waals surface area contributed by atoms with E-state index in [0.29, 0.717) is 127 Å². The van der Waals surface area contributed by atoms with Gasteiger partial charge in [0.2, 0.25) is 0 Å². The summed E-state index contributed by atoms with van der Waals surface area (Å²) in [6, 6.07) is 30.0. The Morgan fingerprint density at radius 3 is 0.676 bits per heavy atom. The summed E-state index contributed by atoms with van der Waals surface area (Å²) in [4.78, 5) is 40.7. The maximum Gasteiger partial charge on any atom is 0.0943 e. The second-order valence-electron chi connectivity index (χ2n) is 15.2. The molecule has 8 bridgehead atoms. The molecule has 8 aromatic carbocycles. The predicted molar refractivity (Wildman–Crippen MR) is 279 cm³/mol. The summed E-state index contributed by atoms with van der Waals surface area (Å²) in [7, 11) is 1.00. The van der Waals surface area contributed by atoms with Gasteiger partial charge in [0, 0.05) is 137 Å². The van der Waals surface area contributed by atoms with E-state index < -0.39 is 0 Å². The van der Waals surface area contributed by atoms with Gasteiger partial charge in [-0.3, -0.25) is 0 Å². The van der Waals surface area contributed by atoms with E-state index in [4.69, 9.17) is 138 Å². The molecule has 68 heavy (non-hydrogen) atoms. The molecule has 0 saturated heterocycles. The van der Waals surface area contributed by atoms with Crippen LogP contribution in [0.1, 0.15) is 0 Å². The van der Waals surface area contributed by atoms with Crippen LogP contribution in [0.25, 0.3) is 133 Å². The topological polar surface area (TPSA) is 126 Å². The first kappa shape index (κ1) is 46.8. The number of hydrogen-bond donors (Lipinski definition) is 1. The minimum absolute atomic E-state index is 0. The molecule has 0 radical (unpaired) electrons. The zero-order valence-electron chi connectivity index (χ0n) is 34.6. The number of aliphatic hydroxyl groups is 1. The first-order valence-corrected chi connectivity index (χ1v) is 22.9. The molecule has 3 aromatic heterocycles. The van der Waals surface area contributed by atoms with Crippen molar-refractivity contribution >= 4 is 180 Å². The summed E-state index contributed by atoms with van der Waals surface area (Å²) in [5, 5.41) is 16.9.